The monoisotopic (exact) mass is 350 g/mol. The summed E-state index contributed by atoms with van der Waals surface area (Å²) < 4.78 is 13.3. The van der Waals surface area contributed by atoms with Crippen molar-refractivity contribution in [2.75, 3.05) is 5.32 Å². The van der Waals surface area contributed by atoms with Gasteiger partial charge in [0.1, 0.15) is 11.5 Å². The van der Waals surface area contributed by atoms with Gasteiger partial charge in [-0.05, 0) is 43.7 Å². The average Bonchev–Trinajstić information content (AvgIpc) is 2.62. The number of nitrogens with one attached hydrogen (secondary N) is 2. The molecule has 1 aromatic heterocycles. The molecule has 2 aromatic carbocycles. The van der Waals surface area contributed by atoms with Crippen LogP contribution in [-0.4, -0.2) is 15.9 Å². The van der Waals surface area contributed by atoms with Crippen LogP contribution in [0.2, 0.25) is 0 Å². The Morgan fingerprint density at radius 3 is 2.54 bits per heavy atom. The molecule has 0 fully saturated rings. The highest BCUT2D eigenvalue weighted by Crippen LogP contribution is 2.16. The average molecular weight is 350 g/mol. The third-order valence-corrected chi connectivity index (χ3v) is 3.81. The zero-order chi connectivity index (χ0) is 18.5. The second kappa shape index (κ2) is 7.74. The van der Waals surface area contributed by atoms with E-state index in [-0.39, 0.29) is 29.4 Å². The molecule has 5 nitrogen and oxygen atoms in total. The predicted molar refractivity (Wildman–Crippen MR) is 98.8 cm³/mol. The molecule has 0 saturated carbocycles. The van der Waals surface area contributed by atoms with E-state index >= 15 is 0 Å². The highest BCUT2D eigenvalue weighted by molar-refractivity contribution is 5.93. The highest BCUT2D eigenvalue weighted by Gasteiger charge is 2.14. The minimum Gasteiger partial charge on any atom is -0.344 e. The van der Waals surface area contributed by atoms with Gasteiger partial charge in [0, 0.05) is 11.4 Å². The van der Waals surface area contributed by atoms with Gasteiger partial charge in [0.05, 0.1) is 6.04 Å². The molecule has 1 unspecified atom stereocenters. The van der Waals surface area contributed by atoms with Crippen LogP contribution in [-0.2, 0) is 0 Å². The van der Waals surface area contributed by atoms with Gasteiger partial charge in [-0.3, -0.25) is 4.79 Å². The van der Waals surface area contributed by atoms with Crippen molar-refractivity contribution >= 4 is 17.5 Å². The number of rotatable bonds is 5. The third kappa shape index (κ3) is 4.42. The molecular weight excluding hydrogens is 331 g/mol. The fourth-order valence-corrected chi connectivity index (χ4v) is 2.53. The number of hydrogen-bond donors (Lipinski definition) is 2. The Bertz CT molecular complexity index is 915. The van der Waals surface area contributed by atoms with Crippen LogP contribution >= 0.6 is 0 Å². The Balaban J connectivity index is 1.77. The van der Waals surface area contributed by atoms with Crippen LogP contribution in [0, 0.1) is 12.7 Å². The molecule has 3 rings (SSSR count). The van der Waals surface area contributed by atoms with Crippen molar-refractivity contribution in [3.63, 3.8) is 0 Å². The summed E-state index contributed by atoms with van der Waals surface area (Å²) in [5, 5.41) is 5.85. The number of carbonyl (C=O) groups is 1. The molecule has 0 aliphatic carbocycles. The van der Waals surface area contributed by atoms with Crippen molar-refractivity contribution in [3.8, 4) is 0 Å². The van der Waals surface area contributed by atoms with E-state index in [1.54, 1.807) is 25.1 Å². The molecule has 1 heterocycles. The van der Waals surface area contributed by atoms with E-state index in [0.29, 0.717) is 11.4 Å². The molecule has 2 N–H and O–H groups in total. The lowest BCUT2D eigenvalue weighted by Gasteiger charge is -2.14. The van der Waals surface area contributed by atoms with Gasteiger partial charge >= 0.3 is 0 Å². The smallest absolute Gasteiger partial charge is 0.270 e. The van der Waals surface area contributed by atoms with Gasteiger partial charge in [-0.25, -0.2) is 14.4 Å². The fraction of sp³-hybridized carbons (Fsp3) is 0.150. The normalized spacial score (nSPS) is 11.7. The summed E-state index contributed by atoms with van der Waals surface area (Å²) >= 11 is 0. The van der Waals surface area contributed by atoms with E-state index < -0.39 is 0 Å². The topological polar surface area (TPSA) is 66.9 Å². The fourth-order valence-electron chi connectivity index (χ4n) is 2.53. The molecule has 132 valence electrons. The molecule has 1 atom stereocenters. The summed E-state index contributed by atoms with van der Waals surface area (Å²) in [6.07, 6.45) is 0. The lowest BCUT2D eigenvalue weighted by molar-refractivity contribution is 0.0934. The molecule has 0 aliphatic heterocycles. The molecule has 1 amide bonds. The summed E-state index contributed by atoms with van der Waals surface area (Å²) in [7, 11) is 0. The standard InChI is InChI=1S/C20H19FN4O/c1-13-11-18(19(26)23-14(2)15-7-4-3-5-8-15)25-20(22-13)24-17-10-6-9-16(21)12-17/h3-12,14H,1-2H3,(H,23,26)(H,22,24,25). The lowest BCUT2D eigenvalue weighted by atomic mass is 10.1. The number of halogens is 1. The Kier molecular flexibility index (Phi) is 5.22. The van der Waals surface area contributed by atoms with Gasteiger partial charge in [-0.15, -0.1) is 0 Å². The summed E-state index contributed by atoms with van der Waals surface area (Å²) in [6.45, 7) is 3.68. The van der Waals surface area contributed by atoms with E-state index in [9.17, 15) is 9.18 Å². The molecule has 0 saturated heterocycles. The molecule has 6 heteroatoms. The van der Waals surface area contributed by atoms with Crippen LogP contribution in [0.25, 0.3) is 0 Å². The first-order valence-electron chi connectivity index (χ1n) is 8.25. The maximum atomic E-state index is 13.3. The zero-order valence-corrected chi connectivity index (χ0v) is 14.5. The van der Waals surface area contributed by atoms with E-state index in [4.69, 9.17) is 0 Å². The van der Waals surface area contributed by atoms with Crippen LogP contribution in [0.4, 0.5) is 16.0 Å². The molecule has 0 spiro atoms. The van der Waals surface area contributed by atoms with Crippen LogP contribution in [0.5, 0.6) is 0 Å². The minimum atomic E-state index is -0.364. The van der Waals surface area contributed by atoms with Crippen LogP contribution in [0.15, 0.2) is 60.7 Å². The molecular formula is C20H19FN4O. The van der Waals surface area contributed by atoms with E-state index in [0.717, 1.165) is 5.56 Å². The SMILES string of the molecule is Cc1cc(C(=O)NC(C)c2ccccc2)nc(Nc2cccc(F)c2)n1. The lowest BCUT2D eigenvalue weighted by Crippen LogP contribution is -2.27. The van der Waals surface area contributed by atoms with Gasteiger partial charge in [0.25, 0.3) is 5.91 Å². The number of hydrogen-bond acceptors (Lipinski definition) is 4. The minimum absolute atomic E-state index is 0.154. The van der Waals surface area contributed by atoms with Gasteiger partial charge in [0.2, 0.25) is 5.95 Å². The number of anilines is 2. The third-order valence-electron chi connectivity index (χ3n) is 3.81. The molecule has 0 radical (unpaired) electrons. The van der Waals surface area contributed by atoms with Gasteiger partial charge in [-0.2, -0.15) is 0 Å². The largest absolute Gasteiger partial charge is 0.344 e. The second-order valence-corrected chi connectivity index (χ2v) is 5.96. The molecule has 26 heavy (non-hydrogen) atoms. The zero-order valence-electron chi connectivity index (χ0n) is 14.5. The molecule has 0 aliphatic rings. The van der Waals surface area contributed by atoms with Crippen molar-refractivity contribution in [3.05, 3.63) is 83.4 Å². The molecule has 3 aromatic rings. The Hall–Kier alpha value is -3.28. The first-order valence-corrected chi connectivity index (χ1v) is 8.25. The number of carbonyl (C=O) groups excluding carboxylic acids is 1. The predicted octanol–water partition coefficient (Wildman–Crippen LogP) is 4.16. The van der Waals surface area contributed by atoms with Crippen molar-refractivity contribution in [1.82, 2.24) is 15.3 Å². The van der Waals surface area contributed by atoms with Crippen LogP contribution < -0.4 is 10.6 Å². The maximum Gasteiger partial charge on any atom is 0.270 e. The van der Waals surface area contributed by atoms with Crippen molar-refractivity contribution in [2.24, 2.45) is 0 Å². The van der Waals surface area contributed by atoms with Crippen LogP contribution in [0.3, 0.4) is 0 Å². The van der Waals surface area contributed by atoms with Gasteiger partial charge < -0.3 is 10.6 Å². The number of nitrogens with zero attached hydrogens (tertiary/aromatic N) is 2. The second-order valence-electron chi connectivity index (χ2n) is 5.96. The van der Waals surface area contributed by atoms with E-state index in [1.807, 2.05) is 37.3 Å². The van der Waals surface area contributed by atoms with Crippen molar-refractivity contribution in [2.45, 2.75) is 19.9 Å². The summed E-state index contributed by atoms with van der Waals surface area (Å²) in [5.41, 5.74) is 2.40. The molecule has 0 bridgehead atoms. The first kappa shape index (κ1) is 17.5. The van der Waals surface area contributed by atoms with E-state index in [1.165, 1.54) is 12.1 Å². The maximum absolute atomic E-state index is 13.3. The van der Waals surface area contributed by atoms with Crippen LogP contribution in [0.1, 0.15) is 34.7 Å². The van der Waals surface area contributed by atoms with Crippen molar-refractivity contribution < 1.29 is 9.18 Å². The van der Waals surface area contributed by atoms with E-state index in [2.05, 4.69) is 20.6 Å². The quantitative estimate of drug-likeness (QED) is 0.725. The summed E-state index contributed by atoms with van der Waals surface area (Å²) in [4.78, 5) is 21.1. The van der Waals surface area contributed by atoms with Gasteiger partial charge in [-0.1, -0.05) is 36.4 Å². The summed E-state index contributed by atoms with van der Waals surface area (Å²) in [6, 6.07) is 17.1. The number of benzene rings is 2. The Morgan fingerprint density at radius 2 is 1.81 bits per heavy atom. The van der Waals surface area contributed by atoms with Crippen molar-refractivity contribution in [1.29, 1.82) is 0 Å². The first-order chi connectivity index (χ1) is 12.5. The number of aryl methyl sites for hydroxylation is 1. The Labute approximate surface area is 151 Å². The number of aromatic nitrogens is 2. The summed E-state index contributed by atoms with van der Waals surface area (Å²) in [5.74, 6) is -0.417. The number of amides is 1. The Morgan fingerprint density at radius 1 is 1.04 bits per heavy atom. The van der Waals surface area contributed by atoms with Gasteiger partial charge in [0.15, 0.2) is 0 Å². The highest BCUT2D eigenvalue weighted by atomic mass is 19.1.